The van der Waals surface area contributed by atoms with Gasteiger partial charge < -0.3 is 16.8 Å². The highest BCUT2D eigenvalue weighted by atomic mass is 15.3. The molecule has 5 nitrogen and oxygen atoms in total. The number of aliphatic imine (C=N–C) groups is 2. The van der Waals surface area contributed by atoms with Gasteiger partial charge in [0.25, 0.3) is 0 Å². The third-order valence-electron chi connectivity index (χ3n) is 1.06. The van der Waals surface area contributed by atoms with E-state index in [-0.39, 0.29) is 5.96 Å². The van der Waals surface area contributed by atoms with Gasteiger partial charge in [-0.15, -0.1) is 0 Å². The molecule has 0 atom stereocenters. The average Bonchev–Trinajstić information content (AvgIpc) is 1.54. The van der Waals surface area contributed by atoms with Gasteiger partial charge in [-0.05, 0) is 13.8 Å². The molecule has 0 spiro atoms. The lowest BCUT2D eigenvalue weighted by Gasteiger charge is -2.25. The molecule has 0 aromatic heterocycles. The third-order valence-corrected chi connectivity index (χ3v) is 1.06. The standard InChI is InChI=1S/C5H11N5/c1-5(2)9-3(6)8-4(7)10-5/h1-2H3,(H5,6,7,8,9,10). The first-order chi connectivity index (χ1) is 4.49. The molecule has 0 amide bonds. The summed E-state index contributed by atoms with van der Waals surface area (Å²) in [6.45, 7) is 3.72. The average molecular weight is 141 g/mol. The topological polar surface area (TPSA) is 88.8 Å². The minimum Gasteiger partial charge on any atom is -0.370 e. The van der Waals surface area contributed by atoms with Crippen molar-refractivity contribution >= 4 is 11.9 Å². The molecule has 1 aliphatic heterocycles. The molecule has 1 heterocycles. The van der Waals surface area contributed by atoms with Crippen LogP contribution in [0.3, 0.4) is 0 Å². The van der Waals surface area contributed by atoms with E-state index in [4.69, 9.17) is 11.5 Å². The van der Waals surface area contributed by atoms with E-state index < -0.39 is 5.66 Å². The normalized spacial score (nSPS) is 22.6. The predicted octanol–water partition coefficient (Wildman–Crippen LogP) is -1.04. The van der Waals surface area contributed by atoms with Gasteiger partial charge in [-0.25, -0.2) is 4.99 Å². The van der Waals surface area contributed by atoms with Crippen molar-refractivity contribution in [3.63, 3.8) is 0 Å². The Morgan fingerprint density at radius 1 is 1.40 bits per heavy atom. The second kappa shape index (κ2) is 1.86. The number of nitrogens with one attached hydrogen (secondary N) is 1. The molecule has 0 aliphatic carbocycles. The molecule has 0 bridgehead atoms. The van der Waals surface area contributed by atoms with E-state index in [0.717, 1.165) is 0 Å². The van der Waals surface area contributed by atoms with Crippen molar-refractivity contribution in [2.24, 2.45) is 21.5 Å². The second-order valence-corrected chi connectivity index (χ2v) is 2.65. The molecule has 5 heteroatoms. The molecule has 0 fully saturated rings. The first kappa shape index (κ1) is 6.85. The number of nitrogens with zero attached hydrogens (tertiary/aromatic N) is 2. The summed E-state index contributed by atoms with van der Waals surface area (Å²) in [5, 5.41) is 2.85. The van der Waals surface area contributed by atoms with Gasteiger partial charge in [-0.2, -0.15) is 4.99 Å². The van der Waals surface area contributed by atoms with Crippen LogP contribution in [-0.2, 0) is 0 Å². The molecule has 0 saturated heterocycles. The van der Waals surface area contributed by atoms with Crippen LogP contribution < -0.4 is 16.8 Å². The molecule has 0 unspecified atom stereocenters. The zero-order valence-electron chi connectivity index (χ0n) is 6.05. The zero-order chi connectivity index (χ0) is 7.78. The van der Waals surface area contributed by atoms with Crippen LogP contribution in [0, 0.1) is 0 Å². The molecular formula is C5H11N5. The molecule has 1 rings (SSSR count). The highest BCUT2D eigenvalue weighted by Crippen LogP contribution is 2.05. The highest BCUT2D eigenvalue weighted by Gasteiger charge is 2.20. The van der Waals surface area contributed by atoms with E-state index in [2.05, 4.69) is 15.3 Å². The fraction of sp³-hybridized carbons (Fsp3) is 0.600. The fourth-order valence-electron chi connectivity index (χ4n) is 0.804. The van der Waals surface area contributed by atoms with E-state index in [1.807, 2.05) is 13.8 Å². The summed E-state index contributed by atoms with van der Waals surface area (Å²) in [5.74, 6) is 0.541. The van der Waals surface area contributed by atoms with Crippen LogP contribution in [0.2, 0.25) is 0 Å². The van der Waals surface area contributed by atoms with E-state index >= 15 is 0 Å². The highest BCUT2D eigenvalue weighted by molar-refractivity contribution is 5.95. The zero-order valence-corrected chi connectivity index (χ0v) is 6.05. The van der Waals surface area contributed by atoms with Crippen molar-refractivity contribution in [1.82, 2.24) is 5.32 Å². The Bertz CT molecular complexity index is 202. The van der Waals surface area contributed by atoms with E-state index in [1.54, 1.807) is 0 Å². The lowest BCUT2D eigenvalue weighted by atomic mass is 10.2. The number of nitrogens with two attached hydrogens (primary N) is 2. The number of rotatable bonds is 0. The lowest BCUT2D eigenvalue weighted by molar-refractivity contribution is 0.477. The SMILES string of the molecule is CC1(C)N=C(N)N=C(N)N1. The van der Waals surface area contributed by atoms with Crippen molar-refractivity contribution < 1.29 is 0 Å². The van der Waals surface area contributed by atoms with Gasteiger partial charge in [0, 0.05) is 0 Å². The summed E-state index contributed by atoms with van der Waals surface area (Å²) in [6, 6.07) is 0. The van der Waals surface area contributed by atoms with Gasteiger partial charge in [0.2, 0.25) is 5.96 Å². The summed E-state index contributed by atoms with van der Waals surface area (Å²) in [7, 11) is 0. The Labute approximate surface area is 59.2 Å². The van der Waals surface area contributed by atoms with Crippen LogP contribution in [-0.4, -0.2) is 17.6 Å². The molecule has 0 saturated carbocycles. The van der Waals surface area contributed by atoms with Crippen LogP contribution in [0.15, 0.2) is 9.98 Å². The largest absolute Gasteiger partial charge is 0.370 e. The van der Waals surface area contributed by atoms with Crippen molar-refractivity contribution in [2.45, 2.75) is 19.5 Å². The van der Waals surface area contributed by atoms with Gasteiger partial charge in [0.1, 0.15) is 5.66 Å². The molecule has 0 aromatic rings. The van der Waals surface area contributed by atoms with Gasteiger partial charge in [0.15, 0.2) is 5.96 Å². The van der Waals surface area contributed by atoms with Crippen molar-refractivity contribution in [3.8, 4) is 0 Å². The van der Waals surface area contributed by atoms with Crippen molar-refractivity contribution in [2.75, 3.05) is 0 Å². The van der Waals surface area contributed by atoms with Gasteiger partial charge in [0.05, 0.1) is 0 Å². The maximum absolute atomic E-state index is 5.38. The quantitative estimate of drug-likeness (QED) is 0.402. The van der Waals surface area contributed by atoms with Gasteiger partial charge in [-0.1, -0.05) is 0 Å². The summed E-state index contributed by atoms with van der Waals surface area (Å²) >= 11 is 0. The Balaban J connectivity index is 2.88. The third kappa shape index (κ3) is 1.37. The molecule has 0 radical (unpaired) electrons. The maximum atomic E-state index is 5.38. The van der Waals surface area contributed by atoms with Crippen LogP contribution in [0.1, 0.15) is 13.8 Å². The van der Waals surface area contributed by atoms with E-state index in [9.17, 15) is 0 Å². The second-order valence-electron chi connectivity index (χ2n) is 2.65. The smallest absolute Gasteiger partial charge is 0.220 e. The molecular weight excluding hydrogens is 130 g/mol. The van der Waals surface area contributed by atoms with Crippen molar-refractivity contribution in [1.29, 1.82) is 0 Å². The van der Waals surface area contributed by atoms with Gasteiger partial charge >= 0.3 is 0 Å². The monoisotopic (exact) mass is 141 g/mol. The Morgan fingerprint density at radius 3 is 2.40 bits per heavy atom. The Morgan fingerprint density at radius 2 is 2.00 bits per heavy atom. The maximum Gasteiger partial charge on any atom is 0.220 e. The summed E-state index contributed by atoms with van der Waals surface area (Å²) in [4.78, 5) is 7.67. The lowest BCUT2D eigenvalue weighted by Crippen LogP contribution is -2.50. The van der Waals surface area contributed by atoms with Crippen LogP contribution in [0.5, 0.6) is 0 Å². The van der Waals surface area contributed by atoms with Crippen molar-refractivity contribution in [3.05, 3.63) is 0 Å². The Kier molecular flexibility index (Phi) is 1.28. The Hall–Kier alpha value is -1.26. The minimum atomic E-state index is -0.421. The molecule has 0 aromatic carbocycles. The van der Waals surface area contributed by atoms with Crippen LogP contribution in [0.4, 0.5) is 0 Å². The van der Waals surface area contributed by atoms with E-state index in [1.165, 1.54) is 0 Å². The summed E-state index contributed by atoms with van der Waals surface area (Å²) < 4.78 is 0. The fourth-order valence-corrected chi connectivity index (χ4v) is 0.804. The first-order valence-corrected chi connectivity index (χ1v) is 2.97. The molecule has 1 aliphatic rings. The van der Waals surface area contributed by atoms with Gasteiger partial charge in [-0.3, -0.25) is 0 Å². The minimum absolute atomic E-state index is 0.223. The summed E-state index contributed by atoms with van der Waals surface area (Å²) in [5.41, 5.74) is 10.3. The number of guanidine groups is 2. The van der Waals surface area contributed by atoms with Crippen LogP contribution in [0.25, 0.3) is 0 Å². The molecule has 10 heavy (non-hydrogen) atoms. The predicted molar refractivity (Wildman–Crippen MR) is 40.5 cm³/mol. The van der Waals surface area contributed by atoms with Crippen LogP contribution >= 0.6 is 0 Å². The molecule has 5 N–H and O–H groups in total. The number of hydrogen-bond acceptors (Lipinski definition) is 5. The molecule has 56 valence electrons. The summed E-state index contributed by atoms with van der Waals surface area (Å²) in [6.07, 6.45) is 0. The number of hydrogen-bond donors (Lipinski definition) is 3. The van der Waals surface area contributed by atoms with E-state index in [0.29, 0.717) is 5.96 Å². The first-order valence-electron chi connectivity index (χ1n) is 2.97.